The normalized spacial score (nSPS) is 12.9. The maximum absolute atomic E-state index is 10.2. The average molecular weight is 224 g/mol. The standard InChI is InChI=1S/C12H20O2Si/c1-12(2,15(3,4)14)9-10-6-5-7-11(13)8-10/h5-8,13-14H,9H2,1-4H3. The van der Waals surface area contributed by atoms with Crippen molar-refractivity contribution in [3.05, 3.63) is 29.8 Å². The molecule has 0 radical (unpaired) electrons. The highest BCUT2D eigenvalue weighted by atomic mass is 28.4. The molecule has 1 aromatic carbocycles. The second kappa shape index (κ2) is 3.98. The topological polar surface area (TPSA) is 40.5 Å². The fraction of sp³-hybridized carbons (Fsp3) is 0.500. The van der Waals surface area contributed by atoms with Crippen LogP contribution in [0.5, 0.6) is 5.75 Å². The van der Waals surface area contributed by atoms with E-state index in [9.17, 15) is 9.90 Å². The van der Waals surface area contributed by atoms with E-state index in [-0.39, 0.29) is 5.04 Å². The summed E-state index contributed by atoms with van der Waals surface area (Å²) in [6.07, 6.45) is 0.803. The smallest absolute Gasteiger partial charge is 0.188 e. The van der Waals surface area contributed by atoms with Gasteiger partial charge in [-0.25, -0.2) is 0 Å². The summed E-state index contributed by atoms with van der Waals surface area (Å²) in [4.78, 5) is 10.2. The lowest BCUT2D eigenvalue weighted by atomic mass is 10.0. The van der Waals surface area contributed by atoms with E-state index in [2.05, 4.69) is 13.8 Å². The van der Waals surface area contributed by atoms with E-state index in [0.29, 0.717) is 5.75 Å². The molecule has 0 heterocycles. The van der Waals surface area contributed by atoms with Crippen molar-refractivity contribution in [2.24, 2.45) is 0 Å². The van der Waals surface area contributed by atoms with E-state index in [1.165, 1.54) is 0 Å². The van der Waals surface area contributed by atoms with E-state index < -0.39 is 8.32 Å². The molecule has 15 heavy (non-hydrogen) atoms. The maximum Gasteiger partial charge on any atom is 0.188 e. The van der Waals surface area contributed by atoms with Crippen LogP contribution >= 0.6 is 0 Å². The van der Waals surface area contributed by atoms with Crippen LogP contribution in [0.15, 0.2) is 24.3 Å². The molecule has 0 fully saturated rings. The Bertz CT molecular complexity index is 340. The highest BCUT2D eigenvalue weighted by Gasteiger charge is 2.37. The van der Waals surface area contributed by atoms with Gasteiger partial charge in [0.25, 0.3) is 0 Å². The molecule has 84 valence electrons. The van der Waals surface area contributed by atoms with Crippen LogP contribution in [0.3, 0.4) is 0 Å². The Balaban J connectivity index is 2.87. The molecule has 2 nitrogen and oxygen atoms in total. The Hall–Kier alpha value is -0.803. The molecule has 0 saturated heterocycles. The van der Waals surface area contributed by atoms with Crippen LogP contribution in [0, 0.1) is 0 Å². The number of benzene rings is 1. The van der Waals surface area contributed by atoms with E-state index in [1.54, 1.807) is 12.1 Å². The third-order valence-electron chi connectivity index (χ3n) is 3.21. The van der Waals surface area contributed by atoms with E-state index in [4.69, 9.17) is 0 Å². The molecule has 2 N–H and O–H groups in total. The quantitative estimate of drug-likeness (QED) is 0.775. The second-order valence-electron chi connectivity index (χ2n) is 5.29. The molecule has 3 heteroatoms. The zero-order valence-electron chi connectivity index (χ0n) is 9.91. The third kappa shape index (κ3) is 3.07. The first-order valence-corrected chi connectivity index (χ1v) is 8.17. The van der Waals surface area contributed by atoms with Gasteiger partial charge >= 0.3 is 0 Å². The van der Waals surface area contributed by atoms with Gasteiger partial charge in [0, 0.05) is 0 Å². The minimum atomic E-state index is -2.17. The van der Waals surface area contributed by atoms with E-state index in [0.717, 1.165) is 12.0 Å². The van der Waals surface area contributed by atoms with Crippen molar-refractivity contribution in [3.8, 4) is 5.75 Å². The van der Waals surface area contributed by atoms with Crippen molar-refractivity contribution in [3.63, 3.8) is 0 Å². The van der Waals surface area contributed by atoms with Gasteiger partial charge in [-0.3, -0.25) is 0 Å². The maximum atomic E-state index is 10.2. The summed E-state index contributed by atoms with van der Waals surface area (Å²) in [6, 6.07) is 7.26. The number of aromatic hydroxyl groups is 1. The largest absolute Gasteiger partial charge is 0.508 e. The van der Waals surface area contributed by atoms with Crippen molar-refractivity contribution in [1.29, 1.82) is 0 Å². The van der Waals surface area contributed by atoms with Crippen molar-refractivity contribution in [2.45, 2.75) is 38.4 Å². The Morgan fingerprint density at radius 3 is 2.33 bits per heavy atom. The van der Waals surface area contributed by atoms with Crippen molar-refractivity contribution < 1.29 is 9.90 Å². The van der Waals surface area contributed by atoms with Gasteiger partial charge in [-0.1, -0.05) is 26.0 Å². The zero-order chi connectivity index (χ0) is 11.7. The van der Waals surface area contributed by atoms with Crippen LogP contribution in [0.4, 0.5) is 0 Å². The number of hydrogen-bond acceptors (Lipinski definition) is 2. The third-order valence-corrected chi connectivity index (χ3v) is 6.70. The van der Waals surface area contributed by atoms with Crippen molar-refractivity contribution >= 4 is 8.32 Å². The summed E-state index contributed by atoms with van der Waals surface area (Å²) in [6.45, 7) is 8.08. The summed E-state index contributed by atoms with van der Waals surface area (Å²) >= 11 is 0. The predicted molar refractivity (Wildman–Crippen MR) is 65.6 cm³/mol. The van der Waals surface area contributed by atoms with Gasteiger partial charge in [0.05, 0.1) is 0 Å². The molecule has 0 atom stereocenters. The molecule has 1 aromatic rings. The highest BCUT2D eigenvalue weighted by molar-refractivity contribution is 6.72. The Morgan fingerprint density at radius 1 is 1.27 bits per heavy atom. The Morgan fingerprint density at radius 2 is 1.87 bits per heavy atom. The summed E-state index contributed by atoms with van der Waals surface area (Å²) in [5.74, 6) is 0.292. The van der Waals surface area contributed by atoms with E-state index in [1.807, 2.05) is 25.2 Å². The molecule has 0 unspecified atom stereocenters. The lowest BCUT2D eigenvalue weighted by molar-refractivity contribution is 0.462. The summed E-state index contributed by atoms with van der Waals surface area (Å²) in [5, 5.41) is 9.28. The van der Waals surface area contributed by atoms with Crippen LogP contribution in [-0.2, 0) is 6.42 Å². The molecule has 1 rings (SSSR count). The molecule has 0 aliphatic rings. The molecule has 0 aromatic heterocycles. The fourth-order valence-electron chi connectivity index (χ4n) is 1.39. The van der Waals surface area contributed by atoms with Gasteiger partial charge in [-0.2, -0.15) is 0 Å². The van der Waals surface area contributed by atoms with Gasteiger partial charge < -0.3 is 9.90 Å². The van der Waals surface area contributed by atoms with E-state index >= 15 is 0 Å². The van der Waals surface area contributed by atoms with Gasteiger partial charge in [0.15, 0.2) is 8.32 Å². The minimum absolute atomic E-state index is 0.0825. The molecule has 0 spiro atoms. The second-order valence-corrected chi connectivity index (χ2v) is 9.76. The molecule has 0 saturated carbocycles. The predicted octanol–water partition coefficient (Wildman–Crippen LogP) is 2.91. The molecular formula is C12H20O2Si. The van der Waals surface area contributed by atoms with Crippen molar-refractivity contribution in [1.82, 2.24) is 0 Å². The van der Waals surface area contributed by atoms with Crippen LogP contribution in [0.25, 0.3) is 0 Å². The van der Waals surface area contributed by atoms with Crippen LogP contribution in [0.1, 0.15) is 19.4 Å². The summed E-state index contributed by atoms with van der Waals surface area (Å²) in [5.41, 5.74) is 1.08. The Labute approximate surface area is 92.7 Å². The van der Waals surface area contributed by atoms with Crippen LogP contribution < -0.4 is 0 Å². The van der Waals surface area contributed by atoms with Crippen LogP contribution in [0.2, 0.25) is 18.1 Å². The lowest BCUT2D eigenvalue weighted by Gasteiger charge is -2.35. The van der Waals surface area contributed by atoms with Crippen molar-refractivity contribution in [2.75, 3.05) is 0 Å². The molecule has 0 bridgehead atoms. The van der Waals surface area contributed by atoms with Crippen LogP contribution in [-0.4, -0.2) is 18.2 Å². The first-order valence-electron chi connectivity index (χ1n) is 5.23. The minimum Gasteiger partial charge on any atom is -0.508 e. The summed E-state index contributed by atoms with van der Waals surface area (Å²) < 4.78 is 0. The fourth-order valence-corrected chi connectivity index (χ4v) is 2.03. The van der Waals surface area contributed by atoms with Gasteiger partial charge in [0.1, 0.15) is 5.75 Å². The monoisotopic (exact) mass is 224 g/mol. The Kier molecular flexibility index (Phi) is 3.26. The first-order chi connectivity index (χ1) is 6.72. The molecule has 0 aliphatic heterocycles. The number of rotatable bonds is 3. The highest BCUT2D eigenvalue weighted by Crippen LogP contribution is 2.38. The van der Waals surface area contributed by atoms with Gasteiger partial charge in [-0.05, 0) is 42.2 Å². The summed E-state index contributed by atoms with van der Waals surface area (Å²) in [7, 11) is -2.17. The number of phenols is 1. The lowest BCUT2D eigenvalue weighted by Crippen LogP contribution is -2.40. The SMILES string of the molecule is CC(C)(Cc1cccc(O)c1)[Si](C)(C)O. The molecular weight excluding hydrogens is 204 g/mol. The first kappa shape index (κ1) is 12.3. The average Bonchev–Trinajstić information content (AvgIpc) is 2.00. The molecule has 0 amide bonds. The number of hydrogen-bond donors (Lipinski definition) is 2. The van der Waals surface area contributed by atoms with Gasteiger partial charge in [-0.15, -0.1) is 0 Å². The number of phenolic OH excluding ortho intramolecular Hbond substituents is 1. The molecule has 0 aliphatic carbocycles. The zero-order valence-corrected chi connectivity index (χ0v) is 10.9. The van der Waals surface area contributed by atoms with Gasteiger partial charge in [0.2, 0.25) is 0 Å².